The lowest BCUT2D eigenvalue weighted by Gasteiger charge is -2.47. The summed E-state index contributed by atoms with van der Waals surface area (Å²) in [5.41, 5.74) is -0.0381. The fraction of sp³-hybridized carbons (Fsp3) is 0.500. The number of morpholine rings is 1. The molecule has 0 bridgehead atoms. The number of benzene rings is 2. The van der Waals surface area contributed by atoms with Crippen LogP contribution in [0, 0.1) is 5.92 Å². The Balaban J connectivity index is 2.23. The molecule has 1 fully saturated rings. The number of fused-ring (bicyclic) bond motifs is 1. The lowest BCUT2D eigenvalue weighted by atomic mass is 9.64. The Morgan fingerprint density at radius 3 is 2.46 bits per heavy atom. The predicted molar refractivity (Wildman–Crippen MR) is 105 cm³/mol. The Bertz CT molecular complexity index is 764. The number of carboxylic acid groups (broad SMARTS) is 1. The van der Waals surface area contributed by atoms with Gasteiger partial charge in [0.25, 0.3) is 0 Å². The Hall–Kier alpha value is -1.91. The van der Waals surface area contributed by atoms with Crippen molar-refractivity contribution in [2.45, 2.75) is 38.6 Å². The van der Waals surface area contributed by atoms with Gasteiger partial charge in [-0.3, -0.25) is 9.69 Å². The third-order valence-electron chi connectivity index (χ3n) is 6.23. The summed E-state index contributed by atoms with van der Waals surface area (Å²) in [6.07, 6.45) is 0.810. The number of carbonyl (C=O) groups is 1. The van der Waals surface area contributed by atoms with Gasteiger partial charge in [-0.15, -0.1) is 0 Å². The highest BCUT2D eigenvalue weighted by Gasteiger charge is 2.51. The molecule has 3 unspecified atom stereocenters. The summed E-state index contributed by atoms with van der Waals surface area (Å²) in [7, 11) is 0. The van der Waals surface area contributed by atoms with Gasteiger partial charge < -0.3 is 9.84 Å². The molecule has 26 heavy (non-hydrogen) atoms. The number of aliphatic carboxylic acids is 1. The van der Waals surface area contributed by atoms with Gasteiger partial charge in [-0.25, -0.2) is 0 Å². The van der Waals surface area contributed by atoms with Gasteiger partial charge in [0.05, 0.1) is 13.2 Å². The maximum absolute atomic E-state index is 12.9. The first-order valence-electron chi connectivity index (χ1n) is 9.56. The van der Waals surface area contributed by atoms with E-state index in [9.17, 15) is 9.90 Å². The number of nitrogens with zero attached hydrogens (tertiary/aromatic N) is 1. The third-order valence-corrected chi connectivity index (χ3v) is 6.23. The zero-order valence-corrected chi connectivity index (χ0v) is 15.9. The van der Waals surface area contributed by atoms with Crippen LogP contribution in [0.5, 0.6) is 0 Å². The molecular formula is C22H29NO3. The molecule has 0 radical (unpaired) electrons. The normalized spacial score (nSPS) is 20.4. The van der Waals surface area contributed by atoms with Crippen molar-refractivity contribution in [1.29, 1.82) is 0 Å². The standard InChI is InChI=1S/C22H29NO3/c1-4-16(2)22(21(24)25,17(3)23-12-14-26-15-13-23)20-11-7-9-18-8-5-6-10-19(18)20/h5-11,16-17H,4,12-15H2,1-3H3,(H,24,25). The molecule has 1 aliphatic rings. The summed E-state index contributed by atoms with van der Waals surface area (Å²) >= 11 is 0. The Labute approximate surface area is 155 Å². The maximum Gasteiger partial charge on any atom is 0.316 e. The summed E-state index contributed by atoms with van der Waals surface area (Å²) in [5.74, 6) is -0.731. The van der Waals surface area contributed by atoms with Gasteiger partial charge >= 0.3 is 5.97 Å². The number of hydrogen-bond donors (Lipinski definition) is 1. The van der Waals surface area contributed by atoms with E-state index < -0.39 is 11.4 Å². The second-order valence-corrected chi connectivity index (χ2v) is 7.33. The van der Waals surface area contributed by atoms with E-state index in [0.29, 0.717) is 13.2 Å². The fourth-order valence-electron chi connectivity index (χ4n) is 4.57. The first kappa shape index (κ1) is 18.9. The summed E-state index contributed by atoms with van der Waals surface area (Å²) in [4.78, 5) is 15.2. The second kappa shape index (κ2) is 7.77. The molecule has 1 aliphatic heterocycles. The summed E-state index contributed by atoms with van der Waals surface area (Å²) in [5, 5.41) is 12.7. The van der Waals surface area contributed by atoms with Crippen molar-refractivity contribution in [3.8, 4) is 0 Å². The van der Waals surface area contributed by atoms with Crippen molar-refractivity contribution in [2.75, 3.05) is 26.3 Å². The van der Waals surface area contributed by atoms with E-state index in [0.717, 1.165) is 35.8 Å². The molecule has 0 spiro atoms. The molecule has 0 saturated carbocycles. The molecule has 4 heteroatoms. The van der Waals surface area contributed by atoms with Crippen LogP contribution in [0.15, 0.2) is 42.5 Å². The molecule has 0 amide bonds. The topological polar surface area (TPSA) is 49.8 Å². The molecule has 3 rings (SSSR count). The maximum atomic E-state index is 12.9. The highest BCUT2D eigenvalue weighted by atomic mass is 16.5. The minimum absolute atomic E-state index is 0.00338. The monoisotopic (exact) mass is 355 g/mol. The van der Waals surface area contributed by atoms with Crippen LogP contribution < -0.4 is 0 Å². The smallest absolute Gasteiger partial charge is 0.316 e. The van der Waals surface area contributed by atoms with Crippen LogP contribution in [-0.2, 0) is 14.9 Å². The number of hydrogen-bond acceptors (Lipinski definition) is 3. The Morgan fingerprint density at radius 1 is 1.15 bits per heavy atom. The molecule has 1 N–H and O–H groups in total. The average molecular weight is 355 g/mol. The largest absolute Gasteiger partial charge is 0.481 e. The van der Waals surface area contributed by atoms with Crippen LogP contribution in [0.25, 0.3) is 10.8 Å². The summed E-state index contributed by atoms with van der Waals surface area (Å²) < 4.78 is 5.50. The fourth-order valence-corrected chi connectivity index (χ4v) is 4.57. The molecule has 3 atom stereocenters. The van der Waals surface area contributed by atoms with Crippen molar-refractivity contribution in [3.05, 3.63) is 48.0 Å². The predicted octanol–water partition coefficient (Wildman–Crippen LogP) is 3.93. The van der Waals surface area contributed by atoms with Crippen LogP contribution in [0.3, 0.4) is 0 Å². The molecule has 140 valence electrons. The van der Waals surface area contributed by atoms with Crippen LogP contribution >= 0.6 is 0 Å². The minimum Gasteiger partial charge on any atom is -0.481 e. The van der Waals surface area contributed by atoms with Crippen LogP contribution in [-0.4, -0.2) is 48.3 Å². The third kappa shape index (κ3) is 3.01. The van der Waals surface area contributed by atoms with Crippen LogP contribution in [0.1, 0.15) is 32.8 Å². The van der Waals surface area contributed by atoms with Crippen molar-refractivity contribution in [3.63, 3.8) is 0 Å². The van der Waals surface area contributed by atoms with Gasteiger partial charge in [-0.2, -0.15) is 0 Å². The van der Waals surface area contributed by atoms with Gasteiger partial charge in [0.1, 0.15) is 5.41 Å². The first-order valence-corrected chi connectivity index (χ1v) is 9.56. The zero-order valence-electron chi connectivity index (χ0n) is 15.9. The summed E-state index contributed by atoms with van der Waals surface area (Å²) in [6.45, 7) is 9.11. The van der Waals surface area contributed by atoms with E-state index in [1.165, 1.54) is 0 Å². The van der Waals surface area contributed by atoms with E-state index in [4.69, 9.17) is 4.74 Å². The number of carboxylic acids is 1. The van der Waals surface area contributed by atoms with E-state index in [1.54, 1.807) is 0 Å². The van der Waals surface area contributed by atoms with Crippen LogP contribution in [0.4, 0.5) is 0 Å². The molecule has 4 nitrogen and oxygen atoms in total. The molecular weight excluding hydrogens is 326 g/mol. The number of ether oxygens (including phenoxy) is 1. The average Bonchev–Trinajstić information content (AvgIpc) is 2.68. The lowest BCUT2D eigenvalue weighted by Crippen LogP contribution is -2.59. The van der Waals surface area contributed by atoms with Gasteiger partial charge in [-0.05, 0) is 29.2 Å². The van der Waals surface area contributed by atoms with E-state index >= 15 is 0 Å². The molecule has 0 aliphatic carbocycles. The minimum atomic E-state index is -0.965. The van der Waals surface area contributed by atoms with Crippen molar-refractivity contribution < 1.29 is 14.6 Å². The molecule has 1 heterocycles. The van der Waals surface area contributed by atoms with Crippen molar-refractivity contribution in [1.82, 2.24) is 4.90 Å². The van der Waals surface area contributed by atoms with E-state index in [2.05, 4.69) is 43.9 Å². The molecule has 2 aromatic carbocycles. The van der Waals surface area contributed by atoms with Crippen molar-refractivity contribution in [2.24, 2.45) is 5.92 Å². The zero-order chi connectivity index (χ0) is 18.7. The molecule has 0 aromatic heterocycles. The van der Waals surface area contributed by atoms with Gasteiger partial charge in [0, 0.05) is 19.1 Å². The van der Waals surface area contributed by atoms with E-state index in [-0.39, 0.29) is 12.0 Å². The second-order valence-electron chi connectivity index (χ2n) is 7.33. The van der Waals surface area contributed by atoms with E-state index in [1.807, 2.05) is 24.3 Å². The van der Waals surface area contributed by atoms with Gasteiger partial charge in [-0.1, -0.05) is 62.7 Å². The number of rotatable bonds is 6. The van der Waals surface area contributed by atoms with Gasteiger partial charge in [0.2, 0.25) is 0 Å². The Morgan fingerprint density at radius 2 is 1.81 bits per heavy atom. The highest BCUT2D eigenvalue weighted by Crippen LogP contribution is 2.43. The quantitative estimate of drug-likeness (QED) is 0.853. The Kier molecular flexibility index (Phi) is 5.64. The van der Waals surface area contributed by atoms with Crippen molar-refractivity contribution >= 4 is 16.7 Å². The summed E-state index contributed by atoms with van der Waals surface area (Å²) in [6, 6.07) is 14.0. The lowest BCUT2D eigenvalue weighted by molar-refractivity contribution is -0.151. The van der Waals surface area contributed by atoms with Gasteiger partial charge in [0.15, 0.2) is 0 Å². The first-order chi connectivity index (χ1) is 12.5. The van der Waals surface area contributed by atoms with Crippen LogP contribution in [0.2, 0.25) is 0 Å². The molecule has 2 aromatic rings. The molecule has 1 saturated heterocycles. The SMILES string of the molecule is CCC(C)C(C(=O)O)(c1cccc2ccccc12)C(C)N1CCOCC1. The highest BCUT2D eigenvalue weighted by molar-refractivity contribution is 5.94.